The van der Waals surface area contributed by atoms with Crippen LogP contribution in [-0.2, 0) is 0 Å². The Hall–Kier alpha value is -1.92. The predicted molar refractivity (Wildman–Crippen MR) is 122 cm³/mol. The van der Waals surface area contributed by atoms with Crippen molar-refractivity contribution in [3.8, 4) is 5.75 Å². The van der Waals surface area contributed by atoms with Crippen LogP contribution in [0.25, 0.3) is 0 Å². The fourth-order valence-corrected chi connectivity index (χ4v) is 6.57. The molecule has 4 aliphatic rings. The van der Waals surface area contributed by atoms with E-state index in [0.29, 0.717) is 34.3 Å². The third-order valence-electron chi connectivity index (χ3n) is 7.49. The minimum absolute atomic E-state index is 0.193. The molecule has 5 nitrogen and oxygen atoms in total. The third-order valence-corrected chi connectivity index (χ3v) is 7.83. The smallest absolute Gasteiger partial charge is 0.261 e. The zero-order valence-corrected chi connectivity index (χ0v) is 18.5. The van der Waals surface area contributed by atoms with Crippen LogP contribution in [0.1, 0.15) is 48.9 Å². The van der Waals surface area contributed by atoms with E-state index in [-0.39, 0.29) is 5.91 Å². The minimum Gasteiger partial charge on any atom is -0.496 e. The Balaban J connectivity index is 1.35. The topological polar surface area (TPSA) is 44.8 Å². The summed E-state index contributed by atoms with van der Waals surface area (Å²) in [6, 6.07) is 8.38. The minimum atomic E-state index is -0.193. The lowest BCUT2D eigenvalue weighted by Crippen LogP contribution is -2.61. The number of hydrogen-bond donors (Lipinski definition) is 1. The molecule has 6 heteroatoms. The molecule has 160 valence electrons. The number of methoxy groups -OCH3 is 1. The van der Waals surface area contributed by atoms with E-state index < -0.39 is 0 Å². The van der Waals surface area contributed by atoms with Crippen LogP contribution in [0, 0.1) is 11.8 Å². The number of fused-ring (bicyclic) bond motifs is 6. The molecule has 0 aromatic heterocycles. The van der Waals surface area contributed by atoms with Crippen LogP contribution < -0.4 is 10.1 Å². The molecule has 3 heterocycles. The Morgan fingerprint density at radius 3 is 2.93 bits per heavy atom. The molecule has 3 saturated heterocycles. The van der Waals surface area contributed by atoms with Crippen molar-refractivity contribution >= 4 is 23.2 Å². The van der Waals surface area contributed by atoms with Crippen molar-refractivity contribution in [1.29, 1.82) is 0 Å². The highest BCUT2D eigenvalue weighted by Gasteiger charge is 2.46. The van der Waals surface area contributed by atoms with Crippen LogP contribution in [0.15, 0.2) is 35.9 Å². The molecule has 1 N–H and O–H groups in total. The van der Waals surface area contributed by atoms with E-state index in [0.717, 1.165) is 19.0 Å². The Bertz CT molecular complexity index is 870. The van der Waals surface area contributed by atoms with Gasteiger partial charge in [0.05, 0.1) is 18.7 Å². The second-order valence-corrected chi connectivity index (χ2v) is 9.55. The lowest BCUT2D eigenvalue weighted by atomic mass is 9.68. The molecule has 3 fully saturated rings. The number of amides is 1. The molecule has 1 aromatic carbocycles. The lowest BCUT2D eigenvalue weighted by molar-refractivity contribution is 0.0127. The number of carbonyl (C=O) groups is 1. The van der Waals surface area contributed by atoms with Crippen molar-refractivity contribution in [2.24, 2.45) is 11.8 Å². The standard InChI is InChI=1S/C24H31N3O2S/c1-29-21-10-3-2-8-19(21)23(28)25-24(30)27-12-6-7-16-13-17-14-18(22(16)27)15-26-11-5-4-9-20(17)26/h2-3,8,10,13,17-18,20,22H,4-7,9,11-12,14-15H2,1H3,(H,25,28,30)/t17-,18-,20+,22+/m0/s1. The molecule has 3 aliphatic heterocycles. The molecule has 1 aromatic rings. The van der Waals surface area contributed by atoms with E-state index >= 15 is 0 Å². The van der Waals surface area contributed by atoms with Gasteiger partial charge in [-0.25, -0.2) is 0 Å². The number of nitrogens with one attached hydrogen (secondary N) is 1. The van der Waals surface area contributed by atoms with Crippen LogP contribution in [-0.4, -0.2) is 59.6 Å². The van der Waals surface area contributed by atoms with Gasteiger partial charge in [0.25, 0.3) is 5.91 Å². The van der Waals surface area contributed by atoms with Crippen molar-refractivity contribution in [3.63, 3.8) is 0 Å². The van der Waals surface area contributed by atoms with Gasteiger partial charge in [0.1, 0.15) is 5.75 Å². The van der Waals surface area contributed by atoms with Gasteiger partial charge >= 0.3 is 0 Å². The quantitative estimate of drug-likeness (QED) is 0.579. The number of ether oxygens (including phenoxy) is 1. The second kappa shape index (κ2) is 8.31. The number of carbonyl (C=O) groups excluding carboxylic acids is 1. The Labute approximate surface area is 184 Å². The second-order valence-electron chi connectivity index (χ2n) is 9.16. The average Bonchev–Trinajstić information content (AvgIpc) is 2.78. The van der Waals surface area contributed by atoms with Gasteiger partial charge in [0, 0.05) is 19.1 Å². The number of nitrogens with zero attached hydrogens (tertiary/aromatic N) is 2. The summed E-state index contributed by atoms with van der Waals surface area (Å²) in [5, 5.41) is 3.56. The predicted octanol–water partition coefficient (Wildman–Crippen LogP) is 3.60. The van der Waals surface area contributed by atoms with Crippen molar-refractivity contribution in [2.45, 2.75) is 50.6 Å². The summed E-state index contributed by atoms with van der Waals surface area (Å²) in [7, 11) is 1.58. The highest BCUT2D eigenvalue weighted by atomic mass is 32.1. The van der Waals surface area contributed by atoms with Gasteiger partial charge in [0.2, 0.25) is 0 Å². The Kier molecular flexibility index (Phi) is 5.54. The number of para-hydroxylation sites is 1. The summed E-state index contributed by atoms with van der Waals surface area (Å²) in [6.07, 6.45) is 10.2. The number of piperidine rings is 3. The van der Waals surface area contributed by atoms with Gasteiger partial charge < -0.3 is 9.64 Å². The first kappa shape index (κ1) is 20.0. The molecule has 0 radical (unpaired) electrons. The van der Waals surface area contributed by atoms with E-state index in [9.17, 15) is 4.79 Å². The van der Waals surface area contributed by atoms with E-state index in [1.807, 2.05) is 12.1 Å². The molecule has 0 unspecified atom stereocenters. The summed E-state index contributed by atoms with van der Waals surface area (Å²) in [5.41, 5.74) is 2.08. The number of benzene rings is 1. The number of rotatable bonds is 2. The zero-order valence-electron chi connectivity index (χ0n) is 17.7. The molecular formula is C24H31N3O2S. The van der Waals surface area contributed by atoms with Gasteiger partial charge in [0.15, 0.2) is 5.11 Å². The third kappa shape index (κ3) is 3.54. The molecule has 5 rings (SSSR count). The van der Waals surface area contributed by atoms with Crippen LogP contribution in [0.5, 0.6) is 5.75 Å². The van der Waals surface area contributed by atoms with Gasteiger partial charge in [-0.05, 0) is 74.8 Å². The molecule has 1 aliphatic carbocycles. The monoisotopic (exact) mass is 425 g/mol. The maximum absolute atomic E-state index is 12.9. The first-order chi connectivity index (χ1) is 14.7. The molecular weight excluding hydrogens is 394 g/mol. The van der Waals surface area contributed by atoms with Crippen molar-refractivity contribution in [3.05, 3.63) is 41.5 Å². The summed E-state index contributed by atoms with van der Waals surface area (Å²) >= 11 is 5.77. The Morgan fingerprint density at radius 1 is 1.20 bits per heavy atom. The Morgan fingerprint density at radius 2 is 2.07 bits per heavy atom. The van der Waals surface area contributed by atoms with Gasteiger partial charge in [-0.1, -0.05) is 30.2 Å². The fourth-order valence-electron chi connectivity index (χ4n) is 6.27. The zero-order chi connectivity index (χ0) is 20.7. The molecule has 30 heavy (non-hydrogen) atoms. The van der Waals surface area contributed by atoms with Crippen molar-refractivity contribution in [1.82, 2.24) is 15.1 Å². The van der Waals surface area contributed by atoms with E-state index in [1.54, 1.807) is 24.8 Å². The summed E-state index contributed by atoms with van der Waals surface area (Å²) < 4.78 is 5.35. The summed E-state index contributed by atoms with van der Waals surface area (Å²) in [6.45, 7) is 3.32. The van der Waals surface area contributed by atoms with Gasteiger partial charge in [-0.15, -0.1) is 0 Å². The largest absolute Gasteiger partial charge is 0.496 e. The highest BCUT2D eigenvalue weighted by molar-refractivity contribution is 7.80. The first-order valence-electron chi connectivity index (χ1n) is 11.4. The molecule has 0 spiro atoms. The number of hydrogen-bond acceptors (Lipinski definition) is 4. The average molecular weight is 426 g/mol. The molecule has 0 saturated carbocycles. The maximum atomic E-state index is 12.9. The molecule has 2 bridgehead atoms. The van der Waals surface area contributed by atoms with E-state index in [4.69, 9.17) is 17.0 Å². The van der Waals surface area contributed by atoms with Crippen LogP contribution in [0.3, 0.4) is 0 Å². The molecule has 1 amide bonds. The highest BCUT2D eigenvalue weighted by Crippen LogP contribution is 2.45. The van der Waals surface area contributed by atoms with Crippen LogP contribution >= 0.6 is 12.2 Å². The molecule has 4 atom stereocenters. The summed E-state index contributed by atoms with van der Waals surface area (Å²) in [4.78, 5) is 17.9. The fraction of sp³-hybridized carbons (Fsp3) is 0.583. The maximum Gasteiger partial charge on any atom is 0.261 e. The van der Waals surface area contributed by atoms with E-state index in [1.165, 1.54) is 45.2 Å². The van der Waals surface area contributed by atoms with Gasteiger partial charge in [-0.2, -0.15) is 0 Å². The van der Waals surface area contributed by atoms with Gasteiger partial charge in [-0.3, -0.25) is 15.0 Å². The first-order valence-corrected chi connectivity index (χ1v) is 11.8. The van der Waals surface area contributed by atoms with Crippen molar-refractivity contribution in [2.75, 3.05) is 26.7 Å². The summed E-state index contributed by atoms with van der Waals surface area (Å²) in [5.74, 6) is 1.68. The van der Waals surface area contributed by atoms with Crippen molar-refractivity contribution < 1.29 is 9.53 Å². The van der Waals surface area contributed by atoms with Crippen LogP contribution in [0.4, 0.5) is 0 Å². The number of likely N-dealkylation sites (tertiary alicyclic amines) is 1. The normalized spacial score (nSPS) is 30.6. The van der Waals surface area contributed by atoms with Crippen LogP contribution in [0.2, 0.25) is 0 Å². The van der Waals surface area contributed by atoms with E-state index in [2.05, 4.69) is 21.2 Å². The number of thiocarbonyl (C=S) groups is 1. The SMILES string of the molecule is COc1ccccc1C(=O)NC(=S)N1CCCC2=C[C@H]3C[C@@H](CN4CCCC[C@H]34)[C@@H]21. The lowest BCUT2D eigenvalue weighted by Gasteiger charge is -2.55.